The fraction of sp³-hybridized carbons (Fsp3) is 0.500. The summed E-state index contributed by atoms with van der Waals surface area (Å²) in [5, 5.41) is 1.36. The first-order valence-corrected chi connectivity index (χ1v) is 8.29. The van der Waals surface area contributed by atoms with Gasteiger partial charge in [0.1, 0.15) is 10.6 Å². The third kappa shape index (κ3) is 2.17. The highest BCUT2D eigenvalue weighted by Gasteiger charge is 2.36. The second-order valence-corrected chi connectivity index (χ2v) is 7.19. The van der Waals surface area contributed by atoms with Gasteiger partial charge >= 0.3 is 0 Å². The Kier molecular flexibility index (Phi) is 3.04. The van der Waals surface area contributed by atoms with Crippen molar-refractivity contribution in [2.45, 2.75) is 25.8 Å². The van der Waals surface area contributed by atoms with Crippen LogP contribution in [0.5, 0.6) is 0 Å². The van der Waals surface area contributed by atoms with E-state index < -0.39 is 0 Å². The van der Waals surface area contributed by atoms with Gasteiger partial charge in [0.15, 0.2) is 0 Å². The van der Waals surface area contributed by atoms with E-state index in [9.17, 15) is 4.79 Å². The predicted molar refractivity (Wildman–Crippen MR) is 84.1 cm³/mol. The Morgan fingerprint density at radius 1 is 1.38 bits per heavy atom. The molecule has 4 rings (SSSR count). The van der Waals surface area contributed by atoms with Crippen LogP contribution in [-0.2, 0) is 4.79 Å². The van der Waals surface area contributed by atoms with Crippen molar-refractivity contribution in [1.29, 1.82) is 0 Å². The maximum atomic E-state index is 11.8. The number of halogens is 1. The quantitative estimate of drug-likeness (QED) is 0.757. The molecule has 2 saturated heterocycles. The van der Waals surface area contributed by atoms with Gasteiger partial charge < -0.3 is 9.80 Å². The fourth-order valence-corrected chi connectivity index (χ4v) is 4.39. The second-order valence-electron chi connectivity index (χ2n) is 5.62. The lowest BCUT2D eigenvalue weighted by Gasteiger charge is -2.38. The Balaban J connectivity index is 1.72. The van der Waals surface area contributed by atoms with Crippen LogP contribution in [0.25, 0.3) is 10.2 Å². The van der Waals surface area contributed by atoms with Crippen LogP contribution in [-0.4, -0.2) is 46.5 Å². The van der Waals surface area contributed by atoms with Gasteiger partial charge in [-0.2, -0.15) is 4.98 Å². The summed E-state index contributed by atoms with van der Waals surface area (Å²) >= 11 is 7.72. The molecule has 2 aliphatic heterocycles. The Morgan fingerprint density at radius 2 is 2.24 bits per heavy atom. The number of anilines is 1. The minimum Gasteiger partial charge on any atom is -0.352 e. The lowest BCUT2D eigenvalue weighted by atomic mass is 10.1. The molecule has 21 heavy (non-hydrogen) atoms. The van der Waals surface area contributed by atoms with Crippen molar-refractivity contribution in [2.75, 3.05) is 24.5 Å². The standard InChI is InChI=1S/C14H15ClN4OS/c1-8-6-10-12(16-14(15)17-13(10)21-8)18-4-5-19-9(7-18)2-3-11(19)20/h6,9H,2-5,7H2,1H3. The molecule has 0 saturated carbocycles. The molecule has 0 N–H and O–H groups in total. The molecular weight excluding hydrogens is 308 g/mol. The number of hydrogen-bond acceptors (Lipinski definition) is 5. The summed E-state index contributed by atoms with van der Waals surface area (Å²) < 4.78 is 0. The Morgan fingerprint density at radius 3 is 3.10 bits per heavy atom. The van der Waals surface area contributed by atoms with E-state index in [1.165, 1.54) is 4.88 Å². The molecular formula is C14H15ClN4OS. The maximum Gasteiger partial charge on any atom is 0.225 e. The number of hydrogen-bond donors (Lipinski definition) is 0. The molecule has 5 nitrogen and oxygen atoms in total. The van der Waals surface area contributed by atoms with E-state index in [1.807, 2.05) is 4.90 Å². The number of piperazine rings is 1. The first kappa shape index (κ1) is 13.3. The Labute approximate surface area is 131 Å². The predicted octanol–water partition coefficient (Wildman–Crippen LogP) is 2.46. The third-order valence-corrected chi connectivity index (χ3v) is 5.38. The van der Waals surface area contributed by atoms with E-state index >= 15 is 0 Å². The summed E-state index contributed by atoms with van der Waals surface area (Å²) in [6.07, 6.45) is 1.62. The first-order valence-electron chi connectivity index (χ1n) is 7.10. The van der Waals surface area contributed by atoms with Gasteiger partial charge in [-0.3, -0.25) is 4.79 Å². The van der Waals surface area contributed by atoms with Gasteiger partial charge in [-0.25, -0.2) is 4.98 Å². The number of nitrogens with zero attached hydrogens (tertiary/aromatic N) is 4. The van der Waals surface area contributed by atoms with Gasteiger partial charge in [0, 0.05) is 37.0 Å². The molecule has 2 aliphatic rings. The molecule has 0 bridgehead atoms. The minimum atomic E-state index is 0.289. The highest BCUT2D eigenvalue weighted by Crippen LogP contribution is 2.34. The molecule has 0 spiro atoms. The largest absolute Gasteiger partial charge is 0.352 e. The van der Waals surface area contributed by atoms with Crippen LogP contribution in [0, 0.1) is 6.92 Å². The van der Waals surface area contributed by atoms with Crippen LogP contribution >= 0.6 is 22.9 Å². The summed E-state index contributed by atoms with van der Waals surface area (Å²) in [6, 6.07) is 2.44. The average molecular weight is 323 g/mol. The Hall–Kier alpha value is -1.40. The number of thiophene rings is 1. The highest BCUT2D eigenvalue weighted by atomic mass is 35.5. The summed E-state index contributed by atoms with van der Waals surface area (Å²) in [5.74, 6) is 1.20. The number of amides is 1. The summed E-state index contributed by atoms with van der Waals surface area (Å²) in [5.41, 5.74) is 0. The molecule has 4 heterocycles. The van der Waals surface area contributed by atoms with Crippen LogP contribution in [0.1, 0.15) is 17.7 Å². The molecule has 0 radical (unpaired) electrons. The van der Waals surface area contributed by atoms with Gasteiger partial charge in [0.25, 0.3) is 0 Å². The smallest absolute Gasteiger partial charge is 0.225 e. The van der Waals surface area contributed by atoms with Gasteiger partial charge in [0.2, 0.25) is 11.2 Å². The van der Waals surface area contributed by atoms with E-state index in [4.69, 9.17) is 11.6 Å². The number of aromatic nitrogens is 2. The molecule has 1 unspecified atom stereocenters. The van der Waals surface area contributed by atoms with E-state index in [0.29, 0.717) is 17.7 Å². The van der Waals surface area contributed by atoms with Gasteiger partial charge in [-0.15, -0.1) is 11.3 Å². The Bertz CT molecular complexity index is 731. The summed E-state index contributed by atoms with van der Waals surface area (Å²) in [7, 11) is 0. The van der Waals surface area contributed by atoms with Crippen molar-refractivity contribution in [3.8, 4) is 0 Å². The monoisotopic (exact) mass is 322 g/mol. The lowest BCUT2D eigenvalue weighted by Crippen LogP contribution is -2.51. The van der Waals surface area contributed by atoms with Crippen molar-refractivity contribution in [2.24, 2.45) is 0 Å². The summed E-state index contributed by atoms with van der Waals surface area (Å²) in [6.45, 7) is 4.48. The van der Waals surface area contributed by atoms with Crippen LogP contribution in [0.3, 0.4) is 0 Å². The van der Waals surface area contributed by atoms with Crippen molar-refractivity contribution >= 4 is 44.9 Å². The van der Waals surface area contributed by atoms with Gasteiger partial charge in [-0.1, -0.05) is 0 Å². The molecule has 1 atom stereocenters. The van der Waals surface area contributed by atoms with Gasteiger partial charge in [-0.05, 0) is 31.0 Å². The SMILES string of the molecule is Cc1cc2c(N3CCN4C(=O)CCC4C3)nc(Cl)nc2s1. The molecule has 0 aliphatic carbocycles. The fourth-order valence-electron chi connectivity index (χ4n) is 3.30. The molecule has 7 heteroatoms. The molecule has 110 valence electrons. The number of carbonyl (C=O) groups is 1. The van der Waals surface area contributed by atoms with E-state index in [2.05, 4.69) is 27.9 Å². The van der Waals surface area contributed by atoms with Crippen molar-refractivity contribution in [3.05, 3.63) is 16.2 Å². The van der Waals surface area contributed by atoms with Crippen LogP contribution in [0.4, 0.5) is 5.82 Å². The normalized spacial score (nSPS) is 22.2. The summed E-state index contributed by atoms with van der Waals surface area (Å²) in [4.78, 5) is 27.0. The van der Waals surface area contributed by atoms with E-state index in [0.717, 1.165) is 42.1 Å². The number of aryl methyl sites for hydroxylation is 1. The zero-order valence-corrected chi connectivity index (χ0v) is 13.2. The molecule has 0 aromatic carbocycles. The maximum absolute atomic E-state index is 11.8. The van der Waals surface area contributed by atoms with Crippen molar-refractivity contribution < 1.29 is 4.79 Å². The van der Waals surface area contributed by atoms with Crippen molar-refractivity contribution in [1.82, 2.24) is 14.9 Å². The number of carbonyl (C=O) groups excluding carboxylic acids is 1. The lowest BCUT2D eigenvalue weighted by molar-refractivity contribution is -0.129. The van der Waals surface area contributed by atoms with E-state index in [1.54, 1.807) is 11.3 Å². The minimum absolute atomic E-state index is 0.289. The van der Waals surface area contributed by atoms with Gasteiger partial charge in [0.05, 0.1) is 5.39 Å². The zero-order valence-electron chi connectivity index (χ0n) is 11.7. The highest BCUT2D eigenvalue weighted by molar-refractivity contribution is 7.18. The zero-order chi connectivity index (χ0) is 14.6. The first-order chi connectivity index (χ1) is 10.1. The van der Waals surface area contributed by atoms with Crippen LogP contribution in [0.2, 0.25) is 5.28 Å². The third-order valence-electron chi connectivity index (χ3n) is 4.26. The van der Waals surface area contributed by atoms with E-state index in [-0.39, 0.29) is 5.91 Å². The number of fused-ring (bicyclic) bond motifs is 2. The van der Waals surface area contributed by atoms with Crippen LogP contribution < -0.4 is 4.90 Å². The average Bonchev–Trinajstić information content (AvgIpc) is 3.00. The molecule has 1 amide bonds. The molecule has 2 aromatic rings. The second kappa shape index (κ2) is 4.81. The van der Waals surface area contributed by atoms with Crippen LogP contribution in [0.15, 0.2) is 6.07 Å². The van der Waals surface area contributed by atoms with Crippen molar-refractivity contribution in [3.63, 3.8) is 0 Å². The molecule has 2 fully saturated rings. The number of rotatable bonds is 1. The topological polar surface area (TPSA) is 49.3 Å². The molecule has 2 aromatic heterocycles.